The summed E-state index contributed by atoms with van der Waals surface area (Å²) in [7, 11) is 0. The predicted octanol–water partition coefficient (Wildman–Crippen LogP) is 2.87. The van der Waals surface area contributed by atoms with Crippen LogP contribution in [0.3, 0.4) is 0 Å². The van der Waals surface area contributed by atoms with Crippen molar-refractivity contribution in [1.82, 2.24) is 0 Å². The fourth-order valence-electron chi connectivity index (χ4n) is 0.872. The van der Waals surface area contributed by atoms with Crippen molar-refractivity contribution in [3.63, 3.8) is 0 Å². The van der Waals surface area contributed by atoms with Crippen LogP contribution in [0.1, 0.15) is 26.7 Å². The first-order chi connectivity index (χ1) is 5.20. The van der Waals surface area contributed by atoms with Crippen molar-refractivity contribution in [2.75, 3.05) is 6.26 Å². The number of hydrogen-bond acceptors (Lipinski definition) is 2. The fraction of sp³-hybridized carbons (Fsp3) is 0.667. The molecular weight excluding hydrogens is 156 g/mol. The molecule has 0 aliphatic carbocycles. The molecule has 0 unspecified atom stereocenters. The van der Waals surface area contributed by atoms with Gasteiger partial charge in [0.25, 0.3) is 0 Å². The minimum absolute atomic E-state index is 0.293. The molecular formula is C9H16OS. The summed E-state index contributed by atoms with van der Waals surface area (Å²) in [5, 5.41) is 0.293. The molecule has 0 N–H and O–H groups in total. The second kappa shape index (κ2) is 6.47. The van der Waals surface area contributed by atoms with Gasteiger partial charge in [-0.3, -0.25) is 4.79 Å². The largest absolute Gasteiger partial charge is 0.287 e. The van der Waals surface area contributed by atoms with Gasteiger partial charge in [0.05, 0.1) is 0 Å². The Bertz CT molecular complexity index is 140. The molecule has 0 radical (unpaired) electrons. The molecule has 0 aliphatic heterocycles. The summed E-state index contributed by atoms with van der Waals surface area (Å²) in [4.78, 5) is 10.9. The number of thioether (sulfide) groups is 1. The van der Waals surface area contributed by atoms with E-state index in [2.05, 4.69) is 13.0 Å². The topological polar surface area (TPSA) is 17.1 Å². The molecule has 0 aromatic heterocycles. The zero-order chi connectivity index (χ0) is 8.69. The number of hydrogen-bond donors (Lipinski definition) is 0. The van der Waals surface area contributed by atoms with E-state index in [1.54, 1.807) is 0 Å². The maximum absolute atomic E-state index is 10.9. The van der Waals surface area contributed by atoms with Crippen LogP contribution in [0.4, 0.5) is 0 Å². The molecule has 11 heavy (non-hydrogen) atoms. The van der Waals surface area contributed by atoms with Crippen LogP contribution in [-0.4, -0.2) is 11.4 Å². The van der Waals surface area contributed by atoms with E-state index in [4.69, 9.17) is 0 Å². The Balaban J connectivity index is 3.45. The highest BCUT2D eigenvalue weighted by Gasteiger charge is 2.01. The second-order valence-corrected chi connectivity index (χ2v) is 3.48. The standard InChI is InChI=1S/C9H16OS/c1-4-5-8(2)6-7-9(10)11-3/h4-5,8H,6-7H2,1-3H3/b5-4-/t8-/m1/s1. The van der Waals surface area contributed by atoms with Crippen molar-refractivity contribution in [1.29, 1.82) is 0 Å². The quantitative estimate of drug-likeness (QED) is 0.606. The highest BCUT2D eigenvalue weighted by Crippen LogP contribution is 2.10. The van der Waals surface area contributed by atoms with Gasteiger partial charge in [-0.1, -0.05) is 30.8 Å². The summed E-state index contributed by atoms with van der Waals surface area (Å²) in [5.74, 6) is 0.538. The molecule has 0 aromatic carbocycles. The molecule has 0 aromatic rings. The average molecular weight is 172 g/mol. The van der Waals surface area contributed by atoms with Crippen LogP contribution in [-0.2, 0) is 4.79 Å². The van der Waals surface area contributed by atoms with E-state index in [-0.39, 0.29) is 0 Å². The van der Waals surface area contributed by atoms with E-state index < -0.39 is 0 Å². The number of allylic oxidation sites excluding steroid dienone is 2. The lowest BCUT2D eigenvalue weighted by Gasteiger charge is -2.02. The van der Waals surface area contributed by atoms with Gasteiger partial charge in [0.2, 0.25) is 0 Å². The van der Waals surface area contributed by atoms with Gasteiger partial charge in [-0.2, -0.15) is 0 Å². The lowest BCUT2D eigenvalue weighted by molar-refractivity contribution is -0.111. The fourth-order valence-corrected chi connectivity index (χ4v) is 1.19. The van der Waals surface area contributed by atoms with Crippen LogP contribution in [0, 0.1) is 5.92 Å². The molecule has 1 atom stereocenters. The molecule has 2 heteroatoms. The maximum atomic E-state index is 10.9. The smallest absolute Gasteiger partial charge is 0.188 e. The number of rotatable bonds is 4. The minimum Gasteiger partial charge on any atom is -0.287 e. The molecule has 0 fully saturated rings. The van der Waals surface area contributed by atoms with Crippen LogP contribution in [0.2, 0.25) is 0 Å². The van der Waals surface area contributed by atoms with Crippen LogP contribution in [0.25, 0.3) is 0 Å². The molecule has 0 bridgehead atoms. The Hall–Kier alpha value is -0.240. The normalized spacial score (nSPS) is 13.7. The average Bonchev–Trinajstić information content (AvgIpc) is 2.01. The Morgan fingerprint density at radius 1 is 1.64 bits per heavy atom. The summed E-state index contributed by atoms with van der Waals surface area (Å²) >= 11 is 1.32. The van der Waals surface area contributed by atoms with Gasteiger partial charge in [0.15, 0.2) is 5.12 Å². The van der Waals surface area contributed by atoms with Crippen molar-refractivity contribution in [2.45, 2.75) is 26.7 Å². The van der Waals surface area contributed by atoms with Crippen molar-refractivity contribution in [2.24, 2.45) is 5.92 Å². The lowest BCUT2D eigenvalue weighted by Crippen LogP contribution is -1.95. The second-order valence-electron chi connectivity index (χ2n) is 2.62. The third-order valence-electron chi connectivity index (χ3n) is 1.55. The van der Waals surface area contributed by atoms with Crippen molar-refractivity contribution < 1.29 is 4.79 Å². The Labute approximate surface area is 73.3 Å². The monoisotopic (exact) mass is 172 g/mol. The first kappa shape index (κ1) is 10.8. The van der Waals surface area contributed by atoms with E-state index in [0.29, 0.717) is 17.5 Å². The Kier molecular flexibility index (Phi) is 6.33. The molecule has 0 saturated carbocycles. The van der Waals surface area contributed by atoms with Gasteiger partial charge in [0.1, 0.15) is 0 Å². The molecule has 0 aliphatic rings. The molecule has 0 spiro atoms. The molecule has 0 rings (SSSR count). The zero-order valence-electron chi connectivity index (χ0n) is 7.46. The van der Waals surface area contributed by atoms with Gasteiger partial charge in [-0.15, -0.1) is 0 Å². The molecule has 0 heterocycles. The van der Waals surface area contributed by atoms with Crippen molar-refractivity contribution >= 4 is 16.9 Å². The maximum Gasteiger partial charge on any atom is 0.188 e. The summed E-state index contributed by atoms with van der Waals surface area (Å²) in [6, 6.07) is 0. The first-order valence-corrected chi connectivity index (χ1v) is 5.12. The summed E-state index contributed by atoms with van der Waals surface area (Å²) in [6.07, 6.45) is 7.68. The van der Waals surface area contributed by atoms with E-state index in [0.717, 1.165) is 6.42 Å². The van der Waals surface area contributed by atoms with Crippen LogP contribution in [0.15, 0.2) is 12.2 Å². The molecule has 0 amide bonds. The SMILES string of the molecule is C/C=C\[C@@H](C)CCC(=O)SC. The van der Waals surface area contributed by atoms with Gasteiger partial charge in [-0.25, -0.2) is 0 Å². The van der Waals surface area contributed by atoms with Crippen LogP contribution < -0.4 is 0 Å². The van der Waals surface area contributed by atoms with Crippen molar-refractivity contribution in [3.8, 4) is 0 Å². The minimum atomic E-state index is 0.293. The molecule has 0 saturated heterocycles. The van der Waals surface area contributed by atoms with Gasteiger partial charge < -0.3 is 0 Å². The van der Waals surface area contributed by atoms with E-state index in [1.165, 1.54) is 11.8 Å². The van der Waals surface area contributed by atoms with Crippen molar-refractivity contribution in [3.05, 3.63) is 12.2 Å². The van der Waals surface area contributed by atoms with E-state index in [1.807, 2.05) is 19.3 Å². The predicted molar refractivity (Wildman–Crippen MR) is 51.7 cm³/mol. The third-order valence-corrected chi connectivity index (χ3v) is 2.21. The lowest BCUT2D eigenvalue weighted by atomic mass is 10.1. The molecule has 64 valence electrons. The zero-order valence-corrected chi connectivity index (χ0v) is 8.28. The Morgan fingerprint density at radius 2 is 2.27 bits per heavy atom. The summed E-state index contributed by atoms with van der Waals surface area (Å²) in [5.41, 5.74) is 0. The van der Waals surface area contributed by atoms with Gasteiger partial charge in [-0.05, 0) is 25.5 Å². The van der Waals surface area contributed by atoms with E-state index in [9.17, 15) is 4.79 Å². The first-order valence-electron chi connectivity index (χ1n) is 3.90. The highest BCUT2D eigenvalue weighted by molar-refractivity contribution is 8.13. The third kappa shape index (κ3) is 6.17. The van der Waals surface area contributed by atoms with Gasteiger partial charge >= 0.3 is 0 Å². The Morgan fingerprint density at radius 3 is 2.73 bits per heavy atom. The number of carbonyl (C=O) groups is 1. The summed E-state index contributed by atoms with van der Waals surface area (Å²) in [6.45, 7) is 4.14. The van der Waals surface area contributed by atoms with E-state index >= 15 is 0 Å². The van der Waals surface area contributed by atoms with Crippen LogP contribution in [0.5, 0.6) is 0 Å². The molecule has 1 nitrogen and oxygen atoms in total. The van der Waals surface area contributed by atoms with Gasteiger partial charge in [0, 0.05) is 6.42 Å². The summed E-state index contributed by atoms with van der Waals surface area (Å²) < 4.78 is 0. The highest BCUT2D eigenvalue weighted by atomic mass is 32.2. The van der Waals surface area contributed by atoms with Crippen LogP contribution >= 0.6 is 11.8 Å². The number of carbonyl (C=O) groups excluding carboxylic acids is 1.